The van der Waals surface area contributed by atoms with Crippen LogP contribution in [0, 0.1) is 5.92 Å². The lowest BCUT2D eigenvalue weighted by Crippen LogP contribution is -2.48. The largest absolute Gasteiger partial charge is 0.342 e. The van der Waals surface area contributed by atoms with Gasteiger partial charge in [0.1, 0.15) is 0 Å². The van der Waals surface area contributed by atoms with Gasteiger partial charge in [-0.05, 0) is 49.8 Å². The van der Waals surface area contributed by atoms with Crippen molar-refractivity contribution in [3.05, 3.63) is 33.8 Å². The summed E-state index contributed by atoms with van der Waals surface area (Å²) < 4.78 is 27.1. The Kier molecular flexibility index (Phi) is 6.49. The monoisotopic (exact) mass is 418 g/mol. The molecule has 1 aromatic rings. The maximum Gasteiger partial charge on any atom is 0.227 e. The van der Waals surface area contributed by atoms with Crippen LogP contribution in [0.25, 0.3) is 0 Å². The summed E-state index contributed by atoms with van der Waals surface area (Å²) in [4.78, 5) is 14.6. The average molecular weight is 419 g/mol. The summed E-state index contributed by atoms with van der Waals surface area (Å²) in [5.74, 6) is -0.251. The fourth-order valence-corrected chi connectivity index (χ4v) is 5.62. The number of carbonyl (C=O) groups is 1. The number of sulfonamides is 1. The van der Waals surface area contributed by atoms with E-state index >= 15 is 0 Å². The second-order valence-electron chi connectivity index (χ2n) is 7.09. The molecule has 2 aliphatic rings. The third-order valence-corrected chi connectivity index (χ3v) is 7.68. The smallest absolute Gasteiger partial charge is 0.227 e. The molecule has 1 amide bonds. The van der Waals surface area contributed by atoms with Crippen molar-refractivity contribution in [2.75, 3.05) is 26.2 Å². The van der Waals surface area contributed by atoms with E-state index in [1.54, 1.807) is 18.2 Å². The Labute approximate surface area is 165 Å². The van der Waals surface area contributed by atoms with Crippen molar-refractivity contribution in [2.45, 2.75) is 37.9 Å². The first-order chi connectivity index (χ1) is 12.4. The third-order valence-electron chi connectivity index (χ3n) is 5.13. The van der Waals surface area contributed by atoms with Crippen LogP contribution in [0.3, 0.4) is 0 Å². The van der Waals surface area contributed by atoms with Gasteiger partial charge in [-0.1, -0.05) is 29.3 Å². The van der Waals surface area contributed by atoms with Crippen molar-refractivity contribution < 1.29 is 13.2 Å². The van der Waals surface area contributed by atoms with E-state index in [0.29, 0.717) is 28.6 Å². The van der Waals surface area contributed by atoms with E-state index in [-0.39, 0.29) is 24.1 Å². The van der Waals surface area contributed by atoms with Crippen LogP contribution >= 0.6 is 23.2 Å². The molecule has 26 heavy (non-hydrogen) atoms. The molecule has 2 heterocycles. The summed E-state index contributed by atoms with van der Waals surface area (Å²) in [6, 6.07) is 4.86. The number of hydrogen-bond donors (Lipinski definition) is 0. The SMILES string of the molecule is O=C(C1CCCN(S(=O)(=O)Cc2ccc(Cl)c(Cl)c2)C1)N1CCCCC1. The molecule has 0 bridgehead atoms. The highest BCUT2D eigenvalue weighted by molar-refractivity contribution is 7.88. The maximum absolute atomic E-state index is 12.8. The zero-order valence-corrected chi connectivity index (χ0v) is 17.0. The van der Waals surface area contributed by atoms with Crippen LogP contribution in [-0.4, -0.2) is 49.7 Å². The molecule has 0 spiro atoms. The Morgan fingerprint density at radius 3 is 2.46 bits per heavy atom. The van der Waals surface area contributed by atoms with E-state index in [2.05, 4.69) is 0 Å². The maximum atomic E-state index is 12.8. The molecule has 144 valence electrons. The minimum atomic E-state index is -3.50. The minimum absolute atomic E-state index is 0.110. The van der Waals surface area contributed by atoms with Gasteiger partial charge in [0.2, 0.25) is 15.9 Å². The van der Waals surface area contributed by atoms with Gasteiger partial charge in [-0.3, -0.25) is 4.79 Å². The van der Waals surface area contributed by atoms with Crippen LogP contribution in [0.15, 0.2) is 18.2 Å². The average Bonchev–Trinajstić information content (AvgIpc) is 2.65. The highest BCUT2D eigenvalue weighted by atomic mass is 35.5. The zero-order chi connectivity index (χ0) is 18.7. The van der Waals surface area contributed by atoms with Crippen LogP contribution in [0.4, 0.5) is 0 Å². The Morgan fingerprint density at radius 2 is 1.77 bits per heavy atom. The normalized spacial score (nSPS) is 22.4. The molecule has 0 radical (unpaired) electrons. The lowest BCUT2D eigenvalue weighted by Gasteiger charge is -2.35. The summed E-state index contributed by atoms with van der Waals surface area (Å²) in [5.41, 5.74) is 0.601. The van der Waals surface area contributed by atoms with Crippen LogP contribution in [-0.2, 0) is 20.6 Å². The molecule has 1 atom stereocenters. The molecule has 2 fully saturated rings. The highest BCUT2D eigenvalue weighted by Crippen LogP contribution is 2.27. The number of amides is 1. The van der Waals surface area contributed by atoms with E-state index < -0.39 is 10.0 Å². The molecule has 0 saturated carbocycles. The molecule has 1 unspecified atom stereocenters. The van der Waals surface area contributed by atoms with Crippen molar-refractivity contribution in [3.63, 3.8) is 0 Å². The first kappa shape index (κ1) is 19.9. The molecule has 0 N–H and O–H groups in total. The number of benzene rings is 1. The van der Waals surface area contributed by atoms with Crippen molar-refractivity contribution in [1.29, 1.82) is 0 Å². The fraction of sp³-hybridized carbons (Fsp3) is 0.611. The highest BCUT2D eigenvalue weighted by Gasteiger charge is 2.34. The van der Waals surface area contributed by atoms with Gasteiger partial charge < -0.3 is 4.90 Å². The lowest BCUT2D eigenvalue weighted by atomic mass is 9.97. The molecule has 3 rings (SSSR count). The van der Waals surface area contributed by atoms with E-state index in [1.165, 1.54) is 10.7 Å². The van der Waals surface area contributed by atoms with Gasteiger partial charge in [0.15, 0.2) is 0 Å². The van der Waals surface area contributed by atoms with Crippen molar-refractivity contribution in [1.82, 2.24) is 9.21 Å². The van der Waals surface area contributed by atoms with Gasteiger partial charge in [-0.2, -0.15) is 0 Å². The Hall–Kier alpha value is -0.820. The molecule has 2 saturated heterocycles. The number of nitrogens with zero attached hydrogens (tertiary/aromatic N) is 2. The third kappa shape index (κ3) is 4.71. The van der Waals surface area contributed by atoms with Gasteiger partial charge in [0.05, 0.1) is 21.7 Å². The Balaban J connectivity index is 1.67. The van der Waals surface area contributed by atoms with E-state index in [1.807, 2.05) is 4.90 Å². The van der Waals surface area contributed by atoms with Gasteiger partial charge in [0.25, 0.3) is 0 Å². The topological polar surface area (TPSA) is 57.7 Å². The summed E-state index contributed by atoms with van der Waals surface area (Å²) in [6.45, 7) is 2.34. The Bertz CT molecular complexity index is 764. The van der Waals surface area contributed by atoms with Gasteiger partial charge >= 0.3 is 0 Å². The number of halogens is 2. The molecule has 5 nitrogen and oxygen atoms in total. The van der Waals surface area contributed by atoms with Crippen LogP contribution < -0.4 is 0 Å². The standard InChI is InChI=1S/C18H24Cl2N2O3S/c19-16-7-6-14(11-17(16)20)13-26(24,25)22-10-4-5-15(12-22)18(23)21-8-2-1-3-9-21/h6-7,11,15H,1-5,8-10,12-13H2. The van der Waals surface area contributed by atoms with Gasteiger partial charge in [0, 0.05) is 26.2 Å². The number of piperidine rings is 2. The number of rotatable bonds is 4. The van der Waals surface area contributed by atoms with Crippen LogP contribution in [0.2, 0.25) is 10.0 Å². The molecule has 2 aliphatic heterocycles. The molecule has 0 aromatic heterocycles. The predicted octanol–water partition coefficient (Wildman–Crippen LogP) is 3.55. The summed E-state index contributed by atoms with van der Waals surface area (Å²) in [7, 11) is -3.50. The minimum Gasteiger partial charge on any atom is -0.342 e. The molecule has 0 aliphatic carbocycles. The second kappa shape index (κ2) is 8.46. The fourth-order valence-electron chi connectivity index (χ4n) is 3.70. The summed E-state index contributed by atoms with van der Waals surface area (Å²) >= 11 is 11.9. The lowest BCUT2D eigenvalue weighted by molar-refractivity contribution is -0.137. The van der Waals surface area contributed by atoms with Crippen molar-refractivity contribution >= 4 is 39.1 Å². The van der Waals surface area contributed by atoms with E-state index in [4.69, 9.17) is 23.2 Å². The van der Waals surface area contributed by atoms with E-state index in [9.17, 15) is 13.2 Å². The van der Waals surface area contributed by atoms with Gasteiger partial charge in [-0.25, -0.2) is 12.7 Å². The van der Waals surface area contributed by atoms with Crippen LogP contribution in [0.1, 0.15) is 37.7 Å². The Morgan fingerprint density at radius 1 is 1.04 bits per heavy atom. The zero-order valence-electron chi connectivity index (χ0n) is 14.7. The number of carbonyl (C=O) groups excluding carboxylic acids is 1. The molecule has 8 heteroatoms. The van der Waals surface area contributed by atoms with Crippen molar-refractivity contribution in [3.8, 4) is 0 Å². The van der Waals surface area contributed by atoms with Gasteiger partial charge in [-0.15, -0.1) is 0 Å². The molecular weight excluding hydrogens is 395 g/mol. The predicted molar refractivity (Wildman–Crippen MR) is 104 cm³/mol. The summed E-state index contributed by atoms with van der Waals surface area (Å²) in [6.07, 6.45) is 4.72. The quantitative estimate of drug-likeness (QED) is 0.750. The summed E-state index contributed by atoms with van der Waals surface area (Å²) in [5, 5.41) is 0.745. The first-order valence-corrected chi connectivity index (χ1v) is 11.4. The number of hydrogen-bond acceptors (Lipinski definition) is 3. The molecule has 1 aromatic carbocycles. The van der Waals surface area contributed by atoms with Crippen LogP contribution in [0.5, 0.6) is 0 Å². The van der Waals surface area contributed by atoms with E-state index in [0.717, 1.165) is 32.4 Å². The first-order valence-electron chi connectivity index (χ1n) is 9.07. The second-order valence-corrected chi connectivity index (χ2v) is 9.87. The number of likely N-dealkylation sites (tertiary alicyclic amines) is 1. The molecular formula is C18H24Cl2N2O3S. The van der Waals surface area contributed by atoms with Crippen molar-refractivity contribution in [2.24, 2.45) is 5.92 Å².